The SMILES string of the molecule is CC[C@H](CNC(=O)c1cn(-c2ccccc2)nc1-c1cccnc1)c1ccccc1. The molecule has 0 saturated heterocycles. The summed E-state index contributed by atoms with van der Waals surface area (Å²) in [6.45, 7) is 2.71. The second kappa shape index (κ2) is 9.18. The molecule has 5 nitrogen and oxygen atoms in total. The first kappa shape index (κ1) is 19.6. The highest BCUT2D eigenvalue weighted by atomic mass is 16.1. The lowest BCUT2D eigenvalue weighted by Crippen LogP contribution is -2.28. The van der Waals surface area contributed by atoms with Gasteiger partial charge in [0.15, 0.2) is 0 Å². The van der Waals surface area contributed by atoms with Crippen molar-refractivity contribution in [1.29, 1.82) is 0 Å². The standard InChI is InChI=1S/C25H24N4O/c1-2-19(20-10-5-3-6-11-20)17-27-25(30)23-18-29(22-13-7-4-8-14-22)28-24(23)21-12-9-15-26-16-21/h3-16,18-19H,2,17H2,1H3,(H,27,30)/t19-/m1/s1. The van der Waals surface area contributed by atoms with Crippen LogP contribution in [0.25, 0.3) is 16.9 Å². The summed E-state index contributed by atoms with van der Waals surface area (Å²) in [5.74, 6) is 0.131. The van der Waals surface area contributed by atoms with E-state index in [1.54, 1.807) is 23.3 Å². The molecule has 0 fully saturated rings. The number of pyridine rings is 1. The van der Waals surface area contributed by atoms with E-state index in [2.05, 4.69) is 29.4 Å². The molecule has 2 aromatic heterocycles. The predicted octanol–water partition coefficient (Wildman–Crippen LogP) is 4.86. The Balaban J connectivity index is 1.62. The molecule has 0 radical (unpaired) electrons. The normalized spacial score (nSPS) is 11.8. The molecule has 1 atom stereocenters. The van der Waals surface area contributed by atoms with Crippen molar-refractivity contribution in [2.45, 2.75) is 19.3 Å². The van der Waals surface area contributed by atoms with Gasteiger partial charge in [-0.25, -0.2) is 4.68 Å². The molecule has 30 heavy (non-hydrogen) atoms. The minimum Gasteiger partial charge on any atom is -0.351 e. The van der Waals surface area contributed by atoms with Crippen molar-refractivity contribution in [3.05, 3.63) is 103 Å². The molecule has 0 aliphatic rings. The summed E-state index contributed by atoms with van der Waals surface area (Å²) >= 11 is 0. The van der Waals surface area contributed by atoms with E-state index in [1.807, 2.05) is 60.7 Å². The maximum atomic E-state index is 13.2. The third kappa shape index (κ3) is 4.30. The maximum absolute atomic E-state index is 13.2. The molecule has 0 unspecified atom stereocenters. The van der Waals surface area contributed by atoms with E-state index in [4.69, 9.17) is 5.10 Å². The number of para-hydroxylation sites is 1. The van der Waals surface area contributed by atoms with Gasteiger partial charge in [-0.15, -0.1) is 0 Å². The fourth-order valence-electron chi connectivity index (χ4n) is 3.50. The number of benzene rings is 2. The Kier molecular flexibility index (Phi) is 5.99. The molecule has 0 aliphatic carbocycles. The molecule has 4 rings (SSSR count). The quantitative estimate of drug-likeness (QED) is 0.485. The highest BCUT2D eigenvalue weighted by Crippen LogP contribution is 2.24. The first-order valence-electron chi connectivity index (χ1n) is 10.1. The summed E-state index contributed by atoms with van der Waals surface area (Å²) in [6.07, 6.45) is 6.18. The predicted molar refractivity (Wildman–Crippen MR) is 119 cm³/mol. The Bertz CT molecular complexity index is 1090. The second-order valence-electron chi connectivity index (χ2n) is 7.14. The zero-order chi connectivity index (χ0) is 20.8. The lowest BCUT2D eigenvalue weighted by Gasteiger charge is -2.16. The van der Waals surface area contributed by atoms with Gasteiger partial charge >= 0.3 is 0 Å². The van der Waals surface area contributed by atoms with E-state index in [0.717, 1.165) is 17.7 Å². The van der Waals surface area contributed by atoms with Crippen molar-refractivity contribution in [2.75, 3.05) is 6.54 Å². The van der Waals surface area contributed by atoms with Gasteiger partial charge in [0, 0.05) is 36.6 Å². The van der Waals surface area contributed by atoms with Crippen LogP contribution >= 0.6 is 0 Å². The summed E-state index contributed by atoms with van der Waals surface area (Å²) in [5, 5.41) is 7.80. The molecule has 4 aromatic rings. The lowest BCUT2D eigenvalue weighted by atomic mass is 9.96. The molecule has 1 N–H and O–H groups in total. The Labute approximate surface area is 176 Å². The van der Waals surface area contributed by atoms with E-state index in [9.17, 15) is 4.79 Å². The number of aromatic nitrogens is 3. The minimum absolute atomic E-state index is 0.134. The molecule has 150 valence electrons. The topological polar surface area (TPSA) is 59.8 Å². The molecule has 2 heterocycles. The van der Waals surface area contributed by atoms with Gasteiger partial charge in [0.2, 0.25) is 0 Å². The van der Waals surface area contributed by atoms with Gasteiger partial charge in [0.1, 0.15) is 5.69 Å². The van der Waals surface area contributed by atoms with Crippen LogP contribution in [0.5, 0.6) is 0 Å². The summed E-state index contributed by atoms with van der Waals surface area (Å²) in [6, 6.07) is 23.8. The van der Waals surface area contributed by atoms with Crippen LogP contribution in [0.3, 0.4) is 0 Å². The molecule has 0 bridgehead atoms. The van der Waals surface area contributed by atoms with Gasteiger partial charge in [-0.1, -0.05) is 55.5 Å². The van der Waals surface area contributed by atoms with Gasteiger partial charge < -0.3 is 5.32 Å². The van der Waals surface area contributed by atoms with Crippen LogP contribution in [0.1, 0.15) is 35.2 Å². The number of nitrogens with zero attached hydrogens (tertiary/aromatic N) is 3. The molecule has 2 aromatic carbocycles. The number of hydrogen-bond donors (Lipinski definition) is 1. The number of nitrogens with one attached hydrogen (secondary N) is 1. The fourth-order valence-corrected chi connectivity index (χ4v) is 3.50. The van der Waals surface area contributed by atoms with Gasteiger partial charge in [-0.05, 0) is 36.2 Å². The Morgan fingerprint density at radius 3 is 2.40 bits per heavy atom. The smallest absolute Gasteiger partial charge is 0.255 e. The van der Waals surface area contributed by atoms with Crippen molar-refractivity contribution >= 4 is 5.91 Å². The van der Waals surface area contributed by atoms with E-state index in [0.29, 0.717) is 17.8 Å². The summed E-state index contributed by atoms with van der Waals surface area (Å²) in [5.41, 5.74) is 4.10. The number of carbonyl (C=O) groups excluding carboxylic acids is 1. The Morgan fingerprint density at radius 1 is 1.00 bits per heavy atom. The number of hydrogen-bond acceptors (Lipinski definition) is 3. The molecular weight excluding hydrogens is 372 g/mol. The van der Waals surface area contributed by atoms with Crippen LogP contribution in [0.2, 0.25) is 0 Å². The largest absolute Gasteiger partial charge is 0.351 e. The van der Waals surface area contributed by atoms with Crippen molar-refractivity contribution in [3.63, 3.8) is 0 Å². The highest BCUT2D eigenvalue weighted by Gasteiger charge is 2.20. The Hall–Kier alpha value is -3.73. The highest BCUT2D eigenvalue weighted by molar-refractivity contribution is 5.99. The van der Waals surface area contributed by atoms with Crippen molar-refractivity contribution in [3.8, 4) is 16.9 Å². The third-order valence-electron chi connectivity index (χ3n) is 5.19. The van der Waals surface area contributed by atoms with E-state index < -0.39 is 0 Å². The Morgan fingerprint density at radius 2 is 1.73 bits per heavy atom. The van der Waals surface area contributed by atoms with Crippen LogP contribution in [0.4, 0.5) is 0 Å². The lowest BCUT2D eigenvalue weighted by molar-refractivity contribution is 0.0951. The van der Waals surface area contributed by atoms with Crippen molar-refractivity contribution in [2.24, 2.45) is 0 Å². The van der Waals surface area contributed by atoms with Crippen LogP contribution in [0.15, 0.2) is 91.4 Å². The molecular formula is C25H24N4O. The minimum atomic E-state index is -0.134. The summed E-state index contributed by atoms with van der Waals surface area (Å²) in [4.78, 5) is 17.3. The average molecular weight is 396 g/mol. The maximum Gasteiger partial charge on any atom is 0.255 e. The fraction of sp³-hybridized carbons (Fsp3) is 0.160. The number of carbonyl (C=O) groups is 1. The van der Waals surface area contributed by atoms with Crippen molar-refractivity contribution in [1.82, 2.24) is 20.1 Å². The number of rotatable bonds is 7. The summed E-state index contributed by atoms with van der Waals surface area (Å²) in [7, 11) is 0. The monoisotopic (exact) mass is 396 g/mol. The summed E-state index contributed by atoms with van der Waals surface area (Å²) < 4.78 is 1.74. The van der Waals surface area contributed by atoms with Gasteiger partial charge in [-0.2, -0.15) is 5.10 Å². The van der Waals surface area contributed by atoms with Crippen LogP contribution in [-0.2, 0) is 0 Å². The molecule has 0 spiro atoms. The van der Waals surface area contributed by atoms with E-state index in [-0.39, 0.29) is 11.8 Å². The zero-order valence-electron chi connectivity index (χ0n) is 16.9. The molecule has 1 amide bonds. The van der Waals surface area contributed by atoms with Gasteiger partial charge in [-0.3, -0.25) is 9.78 Å². The van der Waals surface area contributed by atoms with E-state index >= 15 is 0 Å². The molecule has 0 aliphatic heterocycles. The van der Waals surface area contributed by atoms with Crippen LogP contribution in [-0.4, -0.2) is 27.2 Å². The second-order valence-corrected chi connectivity index (χ2v) is 7.14. The van der Waals surface area contributed by atoms with Gasteiger partial charge in [0.05, 0.1) is 11.3 Å². The molecule has 0 saturated carbocycles. The van der Waals surface area contributed by atoms with Crippen LogP contribution in [0, 0.1) is 0 Å². The first-order chi connectivity index (χ1) is 14.8. The first-order valence-corrected chi connectivity index (χ1v) is 10.1. The zero-order valence-corrected chi connectivity index (χ0v) is 16.9. The third-order valence-corrected chi connectivity index (χ3v) is 5.19. The molecule has 5 heteroatoms. The van der Waals surface area contributed by atoms with Crippen LogP contribution < -0.4 is 5.32 Å². The van der Waals surface area contributed by atoms with Crippen molar-refractivity contribution < 1.29 is 4.79 Å². The number of amides is 1. The van der Waals surface area contributed by atoms with Gasteiger partial charge in [0.25, 0.3) is 5.91 Å². The average Bonchev–Trinajstić information content (AvgIpc) is 3.27. The van der Waals surface area contributed by atoms with E-state index in [1.165, 1.54) is 5.56 Å².